The van der Waals surface area contributed by atoms with Crippen molar-refractivity contribution in [3.05, 3.63) is 42.5 Å². The van der Waals surface area contributed by atoms with Crippen LogP contribution < -0.4 is 11.1 Å². The number of amides is 1. The molecule has 94 valence electrons. The van der Waals surface area contributed by atoms with Crippen molar-refractivity contribution in [2.45, 2.75) is 0 Å². The standard InChI is InChI=1S/C12H10N6O/c13-10(19)7-2-1-3-8(4-7)18-12-9-11(15-5-14-9)16-6-17-12/h1-6H,(H2,13,19)(H2,14,15,16,17,18). The van der Waals surface area contributed by atoms with Crippen molar-refractivity contribution in [1.82, 2.24) is 19.9 Å². The van der Waals surface area contributed by atoms with Gasteiger partial charge in [-0.1, -0.05) is 6.07 Å². The molecule has 19 heavy (non-hydrogen) atoms. The fourth-order valence-corrected chi connectivity index (χ4v) is 1.75. The van der Waals surface area contributed by atoms with E-state index in [1.165, 1.54) is 6.33 Å². The zero-order valence-electron chi connectivity index (χ0n) is 9.79. The Bertz CT molecular complexity index is 751. The van der Waals surface area contributed by atoms with Crippen LogP contribution in [0.25, 0.3) is 11.2 Å². The monoisotopic (exact) mass is 254 g/mol. The summed E-state index contributed by atoms with van der Waals surface area (Å²) >= 11 is 0. The largest absolute Gasteiger partial charge is 0.366 e. The molecule has 0 bridgehead atoms. The number of nitrogens with two attached hydrogens (primary N) is 1. The second-order valence-corrected chi connectivity index (χ2v) is 3.89. The summed E-state index contributed by atoms with van der Waals surface area (Å²) in [4.78, 5) is 26.3. The van der Waals surface area contributed by atoms with Crippen LogP contribution >= 0.6 is 0 Å². The van der Waals surface area contributed by atoms with Gasteiger partial charge in [0.2, 0.25) is 5.91 Å². The zero-order chi connectivity index (χ0) is 13.2. The Labute approximate surface area is 107 Å². The number of carbonyl (C=O) groups excluding carboxylic acids is 1. The van der Waals surface area contributed by atoms with Crippen LogP contribution in [-0.4, -0.2) is 25.8 Å². The summed E-state index contributed by atoms with van der Waals surface area (Å²) in [5, 5.41) is 3.10. The number of carbonyl (C=O) groups is 1. The van der Waals surface area contributed by atoms with Gasteiger partial charge in [-0.15, -0.1) is 0 Å². The summed E-state index contributed by atoms with van der Waals surface area (Å²) in [5.74, 6) is 0.113. The third kappa shape index (κ3) is 2.08. The van der Waals surface area contributed by atoms with Crippen molar-refractivity contribution < 1.29 is 4.79 Å². The van der Waals surface area contributed by atoms with Crippen LogP contribution in [0.2, 0.25) is 0 Å². The number of nitrogens with zero attached hydrogens (tertiary/aromatic N) is 3. The topological polar surface area (TPSA) is 110 Å². The van der Waals surface area contributed by atoms with E-state index in [9.17, 15) is 4.79 Å². The minimum Gasteiger partial charge on any atom is -0.366 e. The van der Waals surface area contributed by atoms with E-state index in [0.717, 1.165) is 0 Å². The van der Waals surface area contributed by atoms with Gasteiger partial charge in [0.1, 0.15) is 11.8 Å². The Hall–Kier alpha value is -2.96. The SMILES string of the molecule is NC(=O)c1cccc(Nc2ncnc3nc[nH]c23)c1. The van der Waals surface area contributed by atoms with Crippen molar-refractivity contribution >= 4 is 28.6 Å². The number of anilines is 2. The van der Waals surface area contributed by atoms with E-state index < -0.39 is 5.91 Å². The first-order valence-electron chi connectivity index (χ1n) is 5.55. The normalized spacial score (nSPS) is 10.5. The molecular formula is C12H10N6O. The first kappa shape index (κ1) is 11.1. The Kier molecular flexibility index (Phi) is 2.57. The highest BCUT2D eigenvalue weighted by molar-refractivity contribution is 5.94. The van der Waals surface area contributed by atoms with Gasteiger partial charge in [-0.3, -0.25) is 4.79 Å². The summed E-state index contributed by atoms with van der Waals surface area (Å²) in [5.41, 5.74) is 7.66. The van der Waals surface area contributed by atoms with E-state index in [0.29, 0.717) is 28.2 Å². The molecule has 2 heterocycles. The van der Waals surface area contributed by atoms with Gasteiger partial charge in [0.15, 0.2) is 11.5 Å². The summed E-state index contributed by atoms with van der Waals surface area (Å²) in [6, 6.07) is 6.87. The predicted octanol–water partition coefficient (Wildman–Crippen LogP) is 1.20. The molecule has 4 N–H and O–H groups in total. The zero-order valence-corrected chi connectivity index (χ0v) is 9.79. The number of hydrogen-bond donors (Lipinski definition) is 3. The summed E-state index contributed by atoms with van der Waals surface area (Å²) in [6.45, 7) is 0. The molecule has 0 aliphatic heterocycles. The molecule has 0 aliphatic rings. The van der Waals surface area contributed by atoms with Crippen molar-refractivity contribution in [2.75, 3.05) is 5.32 Å². The quantitative estimate of drug-likeness (QED) is 0.650. The number of benzene rings is 1. The van der Waals surface area contributed by atoms with Crippen LogP contribution in [0.15, 0.2) is 36.9 Å². The Balaban J connectivity index is 1.99. The van der Waals surface area contributed by atoms with E-state index >= 15 is 0 Å². The highest BCUT2D eigenvalue weighted by atomic mass is 16.1. The van der Waals surface area contributed by atoms with E-state index in [-0.39, 0.29) is 0 Å². The molecule has 0 saturated heterocycles. The number of aromatic amines is 1. The fourth-order valence-electron chi connectivity index (χ4n) is 1.75. The first-order valence-corrected chi connectivity index (χ1v) is 5.55. The number of imidazole rings is 1. The average molecular weight is 254 g/mol. The van der Waals surface area contributed by atoms with Crippen LogP contribution in [-0.2, 0) is 0 Å². The highest BCUT2D eigenvalue weighted by Crippen LogP contribution is 2.20. The maximum absolute atomic E-state index is 11.1. The van der Waals surface area contributed by atoms with Gasteiger partial charge in [0.25, 0.3) is 0 Å². The predicted molar refractivity (Wildman–Crippen MR) is 69.9 cm³/mol. The highest BCUT2D eigenvalue weighted by Gasteiger charge is 2.07. The van der Waals surface area contributed by atoms with E-state index in [1.807, 2.05) is 6.07 Å². The summed E-state index contributed by atoms with van der Waals surface area (Å²) < 4.78 is 0. The molecule has 0 saturated carbocycles. The van der Waals surface area contributed by atoms with Crippen molar-refractivity contribution in [3.63, 3.8) is 0 Å². The fraction of sp³-hybridized carbons (Fsp3) is 0. The number of primary amides is 1. The minimum absolute atomic E-state index is 0.430. The number of hydrogen-bond acceptors (Lipinski definition) is 5. The number of rotatable bonds is 3. The lowest BCUT2D eigenvalue weighted by atomic mass is 10.2. The Morgan fingerprint density at radius 1 is 1.26 bits per heavy atom. The van der Waals surface area contributed by atoms with E-state index in [4.69, 9.17) is 5.73 Å². The van der Waals surface area contributed by atoms with Crippen molar-refractivity contribution in [2.24, 2.45) is 5.73 Å². The molecule has 7 nitrogen and oxygen atoms in total. The molecule has 0 spiro atoms. The molecule has 0 radical (unpaired) electrons. The number of aromatic nitrogens is 4. The molecular weight excluding hydrogens is 244 g/mol. The Morgan fingerprint density at radius 3 is 3.00 bits per heavy atom. The van der Waals surface area contributed by atoms with E-state index in [1.54, 1.807) is 24.5 Å². The molecule has 7 heteroatoms. The van der Waals surface area contributed by atoms with Gasteiger partial charge >= 0.3 is 0 Å². The maximum Gasteiger partial charge on any atom is 0.248 e. The van der Waals surface area contributed by atoms with Crippen LogP contribution in [0.1, 0.15) is 10.4 Å². The second-order valence-electron chi connectivity index (χ2n) is 3.89. The van der Waals surface area contributed by atoms with Gasteiger partial charge in [-0.05, 0) is 18.2 Å². The van der Waals surface area contributed by atoms with Crippen LogP contribution in [0.3, 0.4) is 0 Å². The van der Waals surface area contributed by atoms with Gasteiger partial charge in [-0.2, -0.15) is 0 Å². The van der Waals surface area contributed by atoms with Crippen LogP contribution in [0.4, 0.5) is 11.5 Å². The Morgan fingerprint density at radius 2 is 2.16 bits per heavy atom. The molecule has 0 fully saturated rings. The summed E-state index contributed by atoms with van der Waals surface area (Å²) in [7, 11) is 0. The van der Waals surface area contributed by atoms with E-state index in [2.05, 4.69) is 25.3 Å². The van der Waals surface area contributed by atoms with Crippen LogP contribution in [0, 0.1) is 0 Å². The van der Waals surface area contributed by atoms with Gasteiger partial charge in [0, 0.05) is 11.3 Å². The van der Waals surface area contributed by atoms with Crippen molar-refractivity contribution in [3.8, 4) is 0 Å². The number of nitrogens with one attached hydrogen (secondary N) is 2. The van der Waals surface area contributed by atoms with Gasteiger partial charge < -0.3 is 16.0 Å². The van der Waals surface area contributed by atoms with Crippen molar-refractivity contribution in [1.29, 1.82) is 0 Å². The lowest BCUT2D eigenvalue weighted by molar-refractivity contribution is 0.100. The molecule has 0 unspecified atom stereocenters. The lowest BCUT2D eigenvalue weighted by Gasteiger charge is -2.06. The molecule has 2 aromatic heterocycles. The molecule has 1 aromatic carbocycles. The third-order valence-electron chi connectivity index (χ3n) is 2.63. The number of fused-ring (bicyclic) bond motifs is 1. The number of H-pyrrole nitrogens is 1. The third-order valence-corrected chi connectivity index (χ3v) is 2.63. The molecule has 0 atom stereocenters. The molecule has 3 rings (SSSR count). The minimum atomic E-state index is -0.474. The maximum atomic E-state index is 11.1. The lowest BCUT2D eigenvalue weighted by Crippen LogP contribution is -2.10. The molecule has 0 aliphatic carbocycles. The van der Waals surface area contributed by atoms with Gasteiger partial charge in [0.05, 0.1) is 6.33 Å². The summed E-state index contributed by atoms with van der Waals surface area (Å²) in [6.07, 6.45) is 2.97. The average Bonchev–Trinajstić information content (AvgIpc) is 2.88. The smallest absolute Gasteiger partial charge is 0.248 e. The molecule has 3 aromatic rings. The van der Waals surface area contributed by atoms with Gasteiger partial charge in [-0.25, -0.2) is 15.0 Å². The van der Waals surface area contributed by atoms with Crippen LogP contribution in [0.5, 0.6) is 0 Å². The first-order chi connectivity index (χ1) is 9.24. The molecule has 1 amide bonds. The second kappa shape index (κ2) is 4.37.